The van der Waals surface area contributed by atoms with Gasteiger partial charge in [-0.05, 0) is 6.07 Å². The molecule has 13 heavy (non-hydrogen) atoms. The van der Waals surface area contributed by atoms with Crippen molar-refractivity contribution in [1.82, 2.24) is 9.78 Å². The van der Waals surface area contributed by atoms with E-state index in [0.717, 1.165) is 0 Å². The van der Waals surface area contributed by atoms with Crippen molar-refractivity contribution < 1.29 is 9.90 Å². The maximum absolute atomic E-state index is 10.7. The summed E-state index contributed by atoms with van der Waals surface area (Å²) in [6, 6.07) is 1.43. The van der Waals surface area contributed by atoms with Crippen LogP contribution in [-0.2, 0) is 0 Å². The number of carboxylic acids is 1. The fraction of sp³-hybridized carbons (Fsp3) is 0.111. The minimum atomic E-state index is -0.953. The van der Waals surface area contributed by atoms with Gasteiger partial charge < -0.3 is 5.11 Å². The third kappa shape index (κ3) is 1.26. The number of carbonyl (C=O) groups is 1. The lowest BCUT2D eigenvalue weighted by Gasteiger charge is -2.07. The summed E-state index contributed by atoms with van der Waals surface area (Å²) in [6.45, 7) is 0. The van der Waals surface area contributed by atoms with E-state index in [0.29, 0.717) is 0 Å². The Morgan fingerprint density at radius 1 is 1.46 bits per heavy atom. The molecule has 1 N–H and O–H groups in total. The fourth-order valence-corrected chi connectivity index (χ4v) is 1.30. The molecule has 0 saturated heterocycles. The second-order valence-corrected chi connectivity index (χ2v) is 2.73. The van der Waals surface area contributed by atoms with Crippen LogP contribution in [0.2, 0.25) is 0 Å². The Balaban J connectivity index is 2.39. The lowest BCUT2D eigenvalue weighted by atomic mass is 10.3. The van der Waals surface area contributed by atoms with E-state index >= 15 is 0 Å². The van der Waals surface area contributed by atoms with Crippen molar-refractivity contribution in [3.8, 4) is 0 Å². The van der Waals surface area contributed by atoms with Gasteiger partial charge in [-0.15, -0.1) is 0 Å². The number of hydrogen-bond donors (Lipinski definition) is 1. The van der Waals surface area contributed by atoms with Crippen molar-refractivity contribution in [2.24, 2.45) is 0 Å². The minimum absolute atomic E-state index is 0.0545. The molecular formula is C9H8N2O2. The van der Waals surface area contributed by atoms with Crippen molar-refractivity contribution in [1.29, 1.82) is 0 Å². The van der Waals surface area contributed by atoms with Crippen molar-refractivity contribution >= 4 is 5.97 Å². The Labute approximate surface area is 74.8 Å². The largest absolute Gasteiger partial charge is 0.477 e. The molecule has 0 unspecified atom stereocenters. The first-order valence-corrected chi connectivity index (χ1v) is 3.91. The molecule has 66 valence electrons. The van der Waals surface area contributed by atoms with Gasteiger partial charge >= 0.3 is 5.97 Å². The van der Waals surface area contributed by atoms with Crippen LogP contribution >= 0.6 is 0 Å². The molecule has 0 saturated carbocycles. The van der Waals surface area contributed by atoms with Crippen LogP contribution in [-0.4, -0.2) is 20.9 Å². The summed E-state index contributed by atoms with van der Waals surface area (Å²) in [5.41, 5.74) is 0.209. The summed E-state index contributed by atoms with van der Waals surface area (Å²) in [6.07, 6.45) is 9.01. The van der Waals surface area contributed by atoms with Gasteiger partial charge in [0.15, 0.2) is 0 Å². The zero-order chi connectivity index (χ0) is 9.26. The molecule has 0 amide bonds. The maximum atomic E-state index is 10.7. The molecule has 1 aromatic heterocycles. The molecule has 0 bridgehead atoms. The van der Waals surface area contributed by atoms with E-state index in [9.17, 15) is 4.79 Å². The van der Waals surface area contributed by atoms with Gasteiger partial charge in [0.05, 0.1) is 6.04 Å². The highest BCUT2D eigenvalue weighted by molar-refractivity contribution is 5.85. The molecule has 2 rings (SSSR count). The lowest BCUT2D eigenvalue weighted by Crippen LogP contribution is -2.12. The molecule has 0 aromatic carbocycles. The quantitative estimate of drug-likeness (QED) is 0.737. The second kappa shape index (κ2) is 2.90. The molecular weight excluding hydrogens is 168 g/mol. The van der Waals surface area contributed by atoms with E-state index in [1.807, 2.05) is 24.3 Å². The van der Waals surface area contributed by atoms with Crippen molar-refractivity contribution in [3.63, 3.8) is 0 Å². The summed E-state index contributed by atoms with van der Waals surface area (Å²) < 4.78 is 1.47. The summed E-state index contributed by atoms with van der Waals surface area (Å²) >= 11 is 0. The van der Waals surface area contributed by atoms with E-state index in [1.54, 1.807) is 0 Å². The highest BCUT2D eigenvalue weighted by Gasteiger charge is 2.15. The summed E-state index contributed by atoms with van der Waals surface area (Å²) in [7, 11) is 0. The van der Waals surface area contributed by atoms with Gasteiger partial charge in [-0.25, -0.2) is 9.48 Å². The molecule has 0 radical (unpaired) electrons. The van der Waals surface area contributed by atoms with Crippen LogP contribution in [0.25, 0.3) is 0 Å². The third-order valence-electron chi connectivity index (χ3n) is 1.90. The van der Waals surface area contributed by atoms with Crippen LogP contribution in [0.5, 0.6) is 0 Å². The third-order valence-corrected chi connectivity index (χ3v) is 1.90. The Morgan fingerprint density at radius 3 is 2.77 bits per heavy atom. The topological polar surface area (TPSA) is 55.1 Å². The van der Waals surface area contributed by atoms with Crippen LogP contribution in [0.3, 0.4) is 0 Å². The number of aromatic carboxylic acids is 1. The van der Waals surface area contributed by atoms with E-state index in [-0.39, 0.29) is 11.7 Å². The van der Waals surface area contributed by atoms with Gasteiger partial charge in [0.25, 0.3) is 0 Å². The van der Waals surface area contributed by atoms with Crippen LogP contribution < -0.4 is 0 Å². The molecule has 1 aromatic rings. The van der Waals surface area contributed by atoms with Gasteiger partial charge in [0.2, 0.25) is 0 Å². The van der Waals surface area contributed by atoms with Gasteiger partial charge in [-0.1, -0.05) is 24.3 Å². The second-order valence-electron chi connectivity index (χ2n) is 2.73. The van der Waals surface area contributed by atoms with Gasteiger partial charge in [0.1, 0.15) is 5.69 Å². The zero-order valence-electron chi connectivity index (χ0n) is 6.79. The van der Waals surface area contributed by atoms with Gasteiger partial charge in [-0.3, -0.25) is 0 Å². The van der Waals surface area contributed by atoms with Crippen LogP contribution in [0.15, 0.2) is 36.6 Å². The minimum Gasteiger partial charge on any atom is -0.477 e. The first-order chi connectivity index (χ1) is 6.29. The summed E-state index contributed by atoms with van der Waals surface area (Å²) in [4.78, 5) is 10.7. The Morgan fingerprint density at radius 2 is 2.15 bits per heavy atom. The Kier molecular flexibility index (Phi) is 1.73. The van der Waals surface area contributed by atoms with E-state index in [2.05, 4.69) is 5.10 Å². The average Bonchev–Trinajstić information content (AvgIpc) is 2.74. The van der Waals surface area contributed by atoms with Crippen molar-refractivity contribution in [2.75, 3.05) is 0 Å². The number of allylic oxidation sites excluding steroid dienone is 4. The Hall–Kier alpha value is -1.84. The predicted molar refractivity (Wildman–Crippen MR) is 46.5 cm³/mol. The molecule has 4 heteroatoms. The number of aromatic nitrogens is 2. The maximum Gasteiger partial charge on any atom is 0.354 e. The molecule has 1 aliphatic rings. The highest BCUT2D eigenvalue weighted by Crippen LogP contribution is 2.16. The van der Waals surface area contributed by atoms with Crippen LogP contribution in [0.1, 0.15) is 16.5 Å². The van der Waals surface area contributed by atoms with Crippen molar-refractivity contribution in [2.45, 2.75) is 6.04 Å². The van der Waals surface area contributed by atoms with E-state index in [1.165, 1.54) is 16.9 Å². The molecule has 1 aliphatic carbocycles. The molecule has 4 nitrogen and oxygen atoms in total. The average molecular weight is 176 g/mol. The monoisotopic (exact) mass is 176 g/mol. The number of nitrogens with zero attached hydrogens (tertiary/aromatic N) is 2. The number of rotatable bonds is 2. The first kappa shape index (κ1) is 7.79. The molecule has 0 fully saturated rings. The van der Waals surface area contributed by atoms with Crippen molar-refractivity contribution in [3.05, 3.63) is 42.3 Å². The summed E-state index contributed by atoms with van der Waals surface area (Å²) in [5, 5.41) is 12.8. The highest BCUT2D eigenvalue weighted by atomic mass is 16.4. The Bertz CT molecular complexity index is 378. The van der Waals surface area contributed by atoms with E-state index in [4.69, 9.17) is 5.11 Å². The zero-order valence-corrected chi connectivity index (χ0v) is 6.79. The summed E-state index contributed by atoms with van der Waals surface area (Å²) in [5.74, 6) is -0.953. The SMILES string of the molecule is O=C(O)c1ccnn1C1C=CC=C1. The molecule has 0 atom stereocenters. The lowest BCUT2D eigenvalue weighted by molar-refractivity contribution is 0.0683. The van der Waals surface area contributed by atoms with Crippen LogP contribution in [0.4, 0.5) is 0 Å². The predicted octanol–water partition coefficient (Wildman–Crippen LogP) is 1.25. The van der Waals surface area contributed by atoms with Crippen LogP contribution in [0, 0.1) is 0 Å². The normalized spacial score (nSPS) is 15.4. The van der Waals surface area contributed by atoms with Gasteiger partial charge in [-0.2, -0.15) is 5.10 Å². The number of carboxylic acid groups (broad SMARTS) is 1. The first-order valence-electron chi connectivity index (χ1n) is 3.91. The van der Waals surface area contributed by atoms with E-state index < -0.39 is 5.97 Å². The van der Waals surface area contributed by atoms with Gasteiger partial charge in [0, 0.05) is 6.20 Å². The standard InChI is InChI=1S/C9H8N2O2/c12-9(13)8-5-6-10-11(8)7-3-1-2-4-7/h1-7H,(H,12,13). The number of hydrogen-bond acceptors (Lipinski definition) is 2. The molecule has 0 aliphatic heterocycles. The smallest absolute Gasteiger partial charge is 0.354 e. The molecule has 0 spiro atoms. The molecule has 1 heterocycles. The fourth-order valence-electron chi connectivity index (χ4n) is 1.30.